The van der Waals surface area contributed by atoms with E-state index in [1.807, 2.05) is 13.0 Å². The van der Waals surface area contributed by atoms with Gasteiger partial charge in [-0.1, -0.05) is 6.92 Å². The molecule has 6 heavy (non-hydrogen) atoms. The smallest absolute Gasteiger partial charge is 0.381 e. The van der Waals surface area contributed by atoms with Crippen molar-refractivity contribution in [3.63, 3.8) is 0 Å². The molecule has 0 bridgehead atoms. The molecule has 0 rings (SSSR count). The molecule has 0 fully saturated rings. The van der Waals surface area contributed by atoms with Gasteiger partial charge in [-0.2, -0.15) is 5.26 Å². The van der Waals surface area contributed by atoms with Gasteiger partial charge in [0.1, 0.15) is 0 Å². The van der Waals surface area contributed by atoms with Crippen LogP contribution in [0, 0.1) is 11.3 Å². The number of hydrogen-bond donors (Lipinski definition) is 0. The molecule has 0 atom stereocenters. The van der Waals surface area contributed by atoms with Crippen LogP contribution in [0.25, 0.3) is 0 Å². The van der Waals surface area contributed by atoms with Crippen molar-refractivity contribution in [3.8, 4) is 6.07 Å². The molecule has 0 heterocycles. The molecular formula is C3H5NOSi. The standard InChI is InChI=1S/C3H5N.OSi/c1-2-3-4;1-2/h2H2,1H3;. The van der Waals surface area contributed by atoms with Gasteiger partial charge in [-0.05, 0) is 0 Å². The molecule has 0 spiro atoms. The topological polar surface area (TPSA) is 40.9 Å². The maximum absolute atomic E-state index is 8.06. The van der Waals surface area contributed by atoms with E-state index in [0.717, 1.165) is 0 Å². The van der Waals surface area contributed by atoms with Crippen molar-refractivity contribution < 1.29 is 4.46 Å². The Balaban J connectivity index is 0. The Morgan fingerprint density at radius 3 is 2.00 bits per heavy atom. The van der Waals surface area contributed by atoms with E-state index < -0.39 is 0 Å². The molecule has 0 unspecified atom stereocenters. The first-order valence-electron chi connectivity index (χ1n) is 1.49. The number of rotatable bonds is 0. The van der Waals surface area contributed by atoms with Gasteiger partial charge in [0.2, 0.25) is 0 Å². The molecule has 0 aromatic heterocycles. The second-order valence-electron chi connectivity index (χ2n) is 0.512. The Morgan fingerprint density at radius 2 is 2.00 bits per heavy atom. The van der Waals surface area contributed by atoms with Crippen molar-refractivity contribution >= 4 is 10.1 Å². The molecule has 0 saturated carbocycles. The zero-order valence-electron chi connectivity index (χ0n) is 3.56. The summed E-state index contributed by atoms with van der Waals surface area (Å²) in [5.74, 6) is 0. The lowest BCUT2D eigenvalue weighted by Crippen LogP contribution is -1.38. The Morgan fingerprint density at radius 1 is 1.83 bits per heavy atom. The normalized spacial score (nSPS) is 4.00. The van der Waals surface area contributed by atoms with E-state index in [9.17, 15) is 0 Å². The second-order valence-corrected chi connectivity index (χ2v) is 0.512. The van der Waals surface area contributed by atoms with Crippen LogP contribution >= 0.6 is 0 Å². The predicted molar refractivity (Wildman–Crippen MR) is 22.3 cm³/mol. The van der Waals surface area contributed by atoms with E-state index in [-0.39, 0.29) is 0 Å². The van der Waals surface area contributed by atoms with Crippen molar-refractivity contribution in [2.24, 2.45) is 0 Å². The highest BCUT2D eigenvalue weighted by atomic mass is 28.1. The summed E-state index contributed by atoms with van der Waals surface area (Å²) >= 11 is 0. The maximum Gasteiger partial charge on any atom is 0.381 e. The molecule has 3 heteroatoms. The Kier molecular flexibility index (Phi) is 37.0. The highest BCUT2D eigenvalue weighted by molar-refractivity contribution is 5.85. The van der Waals surface area contributed by atoms with Crippen molar-refractivity contribution in [1.82, 2.24) is 0 Å². The molecule has 0 aromatic carbocycles. The molecule has 0 saturated heterocycles. The van der Waals surface area contributed by atoms with Crippen LogP contribution in [0.15, 0.2) is 0 Å². The highest BCUT2D eigenvalue weighted by Gasteiger charge is 1.49. The zero-order valence-corrected chi connectivity index (χ0v) is 4.56. The quantitative estimate of drug-likeness (QED) is 0.413. The summed E-state index contributed by atoms with van der Waals surface area (Å²) in [6, 6.07) is 1.93. The summed E-state index contributed by atoms with van der Waals surface area (Å²) in [6.07, 6.45) is 0.625. The lowest BCUT2D eigenvalue weighted by molar-refractivity contribution is 0.590. The summed E-state index contributed by atoms with van der Waals surface area (Å²) in [5.41, 5.74) is 0. The van der Waals surface area contributed by atoms with E-state index in [4.69, 9.17) is 9.72 Å². The molecule has 32 valence electrons. The molecule has 0 aliphatic carbocycles. The van der Waals surface area contributed by atoms with E-state index in [2.05, 4.69) is 0 Å². The minimum absolute atomic E-state index is 0.625. The maximum atomic E-state index is 8.06. The van der Waals surface area contributed by atoms with Crippen LogP contribution in [-0.4, -0.2) is 10.1 Å². The second kappa shape index (κ2) is 24.4. The average molecular weight is 99.2 g/mol. The summed E-state index contributed by atoms with van der Waals surface area (Å²) in [5, 5.41) is 7.62. The fraction of sp³-hybridized carbons (Fsp3) is 0.667. The van der Waals surface area contributed by atoms with Gasteiger partial charge in [-0.3, -0.25) is 0 Å². The molecule has 2 radical (unpaired) electrons. The lowest BCUT2D eigenvalue weighted by atomic mass is 10.6. The van der Waals surface area contributed by atoms with Crippen LogP contribution in [0.5, 0.6) is 0 Å². The first-order valence-corrected chi connectivity index (χ1v) is 1.90. The van der Waals surface area contributed by atoms with Crippen molar-refractivity contribution in [3.05, 3.63) is 0 Å². The SMILES string of the molecule is CCC#N.O=[Si]. The zero-order chi connectivity index (χ0) is 5.41. The minimum atomic E-state index is 0.625. The van der Waals surface area contributed by atoms with E-state index in [1.54, 1.807) is 10.1 Å². The van der Waals surface area contributed by atoms with Gasteiger partial charge in [-0.15, -0.1) is 0 Å². The summed E-state index contributed by atoms with van der Waals surface area (Å²) in [6.45, 7) is 1.82. The van der Waals surface area contributed by atoms with Crippen LogP contribution < -0.4 is 0 Å². The molecule has 0 aliphatic rings. The molecule has 0 N–H and O–H groups in total. The van der Waals surface area contributed by atoms with Crippen molar-refractivity contribution in [1.29, 1.82) is 5.26 Å². The first-order chi connectivity index (χ1) is 2.91. The van der Waals surface area contributed by atoms with E-state index >= 15 is 0 Å². The van der Waals surface area contributed by atoms with E-state index in [1.165, 1.54) is 0 Å². The minimum Gasteiger partial charge on any atom is -0.381 e. The van der Waals surface area contributed by atoms with E-state index in [0.29, 0.717) is 6.42 Å². The molecule has 0 aliphatic heterocycles. The highest BCUT2D eigenvalue weighted by Crippen LogP contribution is 1.58. The Hall–Kier alpha value is -0.493. The number of nitriles is 1. The third kappa shape index (κ3) is 85.8. The summed E-state index contributed by atoms with van der Waals surface area (Å²) in [4.78, 5) is 0. The van der Waals surface area contributed by atoms with Crippen LogP contribution in [0.1, 0.15) is 13.3 Å². The molecular weight excluding hydrogens is 94.1 g/mol. The predicted octanol–water partition coefficient (Wildman–Crippen LogP) is 0.420. The lowest BCUT2D eigenvalue weighted by Gasteiger charge is -1.47. The van der Waals surface area contributed by atoms with Crippen LogP contribution in [-0.2, 0) is 4.46 Å². The van der Waals surface area contributed by atoms with Gasteiger partial charge in [-0.25, -0.2) is 0 Å². The summed E-state index contributed by atoms with van der Waals surface area (Å²) < 4.78 is 8.06. The third-order valence-corrected chi connectivity index (χ3v) is 0.158. The van der Waals surface area contributed by atoms with Gasteiger partial charge in [0.25, 0.3) is 0 Å². The van der Waals surface area contributed by atoms with Crippen molar-refractivity contribution in [2.45, 2.75) is 13.3 Å². The number of hydrogen-bond acceptors (Lipinski definition) is 2. The van der Waals surface area contributed by atoms with Gasteiger partial charge >= 0.3 is 10.1 Å². The average Bonchev–Trinajstić information content (AvgIpc) is 1.72. The van der Waals surface area contributed by atoms with Crippen LogP contribution in [0.3, 0.4) is 0 Å². The largest absolute Gasteiger partial charge is 0.381 e. The summed E-state index contributed by atoms with van der Waals surface area (Å²) in [7, 11) is 1.72. The van der Waals surface area contributed by atoms with Gasteiger partial charge in [0.05, 0.1) is 6.07 Å². The Bertz CT molecular complexity index is 49.2. The monoisotopic (exact) mass is 99.0 g/mol. The third-order valence-electron chi connectivity index (χ3n) is 0.158. The van der Waals surface area contributed by atoms with Crippen molar-refractivity contribution in [2.75, 3.05) is 0 Å². The number of nitrogens with zero attached hydrogens (tertiary/aromatic N) is 1. The fourth-order valence-electron chi connectivity index (χ4n) is 0. The molecule has 0 aromatic rings. The van der Waals surface area contributed by atoms with Gasteiger partial charge < -0.3 is 4.46 Å². The fourth-order valence-corrected chi connectivity index (χ4v) is 0. The molecule has 0 amide bonds. The first kappa shape index (κ1) is 9.10. The molecule has 2 nitrogen and oxygen atoms in total. The van der Waals surface area contributed by atoms with Crippen LogP contribution in [0.2, 0.25) is 0 Å². The van der Waals surface area contributed by atoms with Gasteiger partial charge in [0.15, 0.2) is 0 Å². The van der Waals surface area contributed by atoms with Crippen LogP contribution in [0.4, 0.5) is 0 Å². The van der Waals surface area contributed by atoms with Gasteiger partial charge in [0, 0.05) is 6.42 Å². The Labute approximate surface area is 40.3 Å².